The van der Waals surface area contributed by atoms with Crippen LogP contribution in [0.1, 0.15) is 41.0 Å². The summed E-state index contributed by atoms with van der Waals surface area (Å²) in [5.41, 5.74) is 0. The molecule has 1 aliphatic heterocycles. The first-order valence-corrected chi connectivity index (χ1v) is 7.42. The Hall–Kier alpha value is -0.0800. The predicted molar refractivity (Wildman–Crippen MR) is 76.3 cm³/mol. The van der Waals surface area contributed by atoms with Gasteiger partial charge in [-0.25, -0.2) is 0 Å². The highest BCUT2D eigenvalue weighted by molar-refractivity contribution is 4.78. The molecule has 17 heavy (non-hydrogen) atoms. The molecule has 1 N–H and O–H groups in total. The van der Waals surface area contributed by atoms with Gasteiger partial charge in [0.25, 0.3) is 0 Å². The van der Waals surface area contributed by atoms with Crippen molar-refractivity contribution in [3.05, 3.63) is 0 Å². The SMILES string of the molecule is CC(C)CNCC1CCN(CC(C)C(C)C)C1. The fourth-order valence-corrected chi connectivity index (χ4v) is 2.44. The molecule has 0 radical (unpaired) electrons. The van der Waals surface area contributed by atoms with Gasteiger partial charge in [0.15, 0.2) is 0 Å². The summed E-state index contributed by atoms with van der Waals surface area (Å²) >= 11 is 0. The van der Waals surface area contributed by atoms with Gasteiger partial charge in [0, 0.05) is 13.1 Å². The van der Waals surface area contributed by atoms with Crippen molar-refractivity contribution in [3.8, 4) is 0 Å². The van der Waals surface area contributed by atoms with Crippen molar-refractivity contribution in [2.75, 3.05) is 32.7 Å². The Morgan fingerprint density at radius 1 is 1.18 bits per heavy atom. The molecular weight excluding hydrogens is 208 g/mol. The number of likely N-dealkylation sites (tertiary alicyclic amines) is 1. The van der Waals surface area contributed by atoms with Gasteiger partial charge in [-0.2, -0.15) is 0 Å². The van der Waals surface area contributed by atoms with Crippen LogP contribution in [0.4, 0.5) is 0 Å². The van der Waals surface area contributed by atoms with Crippen molar-refractivity contribution in [2.45, 2.75) is 41.0 Å². The standard InChI is InChI=1S/C15H32N2/c1-12(2)8-16-9-15-6-7-17(11-15)10-14(5)13(3)4/h12-16H,6-11H2,1-5H3. The Kier molecular flexibility index (Phi) is 6.50. The lowest BCUT2D eigenvalue weighted by molar-refractivity contribution is 0.242. The molecule has 2 heteroatoms. The van der Waals surface area contributed by atoms with E-state index in [0.717, 1.165) is 23.7 Å². The van der Waals surface area contributed by atoms with Crippen LogP contribution in [0.3, 0.4) is 0 Å². The lowest BCUT2D eigenvalue weighted by atomic mass is 9.98. The zero-order chi connectivity index (χ0) is 12.8. The summed E-state index contributed by atoms with van der Waals surface area (Å²) in [6, 6.07) is 0. The zero-order valence-corrected chi connectivity index (χ0v) is 12.5. The summed E-state index contributed by atoms with van der Waals surface area (Å²) in [6.07, 6.45) is 1.38. The second kappa shape index (κ2) is 7.38. The molecular formula is C15H32N2. The molecule has 1 rings (SSSR count). The monoisotopic (exact) mass is 240 g/mol. The lowest BCUT2D eigenvalue weighted by Crippen LogP contribution is -2.31. The highest BCUT2D eigenvalue weighted by Crippen LogP contribution is 2.19. The molecule has 0 saturated carbocycles. The minimum atomic E-state index is 0.772. The number of rotatable bonds is 7. The summed E-state index contributed by atoms with van der Waals surface area (Å²) < 4.78 is 0. The van der Waals surface area contributed by atoms with E-state index in [1.165, 1.54) is 39.1 Å². The van der Waals surface area contributed by atoms with Crippen molar-refractivity contribution < 1.29 is 0 Å². The maximum absolute atomic E-state index is 3.60. The van der Waals surface area contributed by atoms with Crippen LogP contribution in [-0.2, 0) is 0 Å². The van der Waals surface area contributed by atoms with E-state index in [9.17, 15) is 0 Å². The van der Waals surface area contributed by atoms with Crippen LogP contribution in [0.5, 0.6) is 0 Å². The van der Waals surface area contributed by atoms with Crippen LogP contribution < -0.4 is 5.32 Å². The van der Waals surface area contributed by atoms with Crippen LogP contribution in [0.15, 0.2) is 0 Å². The molecule has 2 atom stereocenters. The maximum atomic E-state index is 3.60. The molecule has 0 spiro atoms. The van der Waals surface area contributed by atoms with Gasteiger partial charge in [-0.05, 0) is 49.7 Å². The molecule has 2 unspecified atom stereocenters. The largest absolute Gasteiger partial charge is 0.316 e. The van der Waals surface area contributed by atoms with Gasteiger partial charge in [0.2, 0.25) is 0 Å². The van der Waals surface area contributed by atoms with Crippen LogP contribution in [-0.4, -0.2) is 37.6 Å². The predicted octanol–water partition coefficient (Wildman–Crippen LogP) is 2.85. The van der Waals surface area contributed by atoms with E-state index < -0.39 is 0 Å². The molecule has 0 aromatic rings. The summed E-state index contributed by atoms with van der Waals surface area (Å²) in [7, 11) is 0. The van der Waals surface area contributed by atoms with E-state index in [-0.39, 0.29) is 0 Å². The van der Waals surface area contributed by atoms with Gasteiger partial charge in [0.1, 0.15) is 0 Å². The van der Waals surface area contributed by atoms with E-state index in [1.807, 2.05) is 0 Å². The summed E-state index contributed by atoms with van der Waals surface area (Å²) in [5.74, 6) is 3.30. The van der Waals surface area contributed by atoms with E-state index in [1.54, 1.807) is 0 Å². The van der Waals surface area contributed by atoms with Crippen molar-refractivity contribution in [1.29, 1.82) is 0 Å². The van der Waals surface area contributed by atoms with E-state index >= 15 is 0 Å². The molecule has 2 nitrogen and oxygen atoms in total. The molecule has 1 aliphatic rings. The zero-order valence-electron chi connectivity index (χ0n) is 12.5. The number of nitrogens with zero attached hydrogens (tertiary/aromatic N) is 1. The highest BCUT2D eigenvalue weighted by atomic mass is 15.1. The van der Waals surface area contributed by atoms with Gasteiger partial charge >= 0.3 is 0 Å². The topological polar surface area (TPSA) is 15.3 Å². The Balaban J connectivity index is 2.14. The molecule has 1 heterocycles. The maximum Gasteiger partial charge on any atom is 0.00224 e. The van der Waals surface area contributed by atoms with Crippen LogP contribution in [0.2, 0.25) is 0 Å². The summed E-state index contributed by atoms with van der Waals surface area (Å²) in [6.45, 7) is 17.9. The first-order valence-electron chi connectivity index (χ1n) is 7.42. The van der Waals surface area contributed by atoms with Gasteiger partial charge in [-0.1, -0.05) is 34.6 Å². The highest BCUT2D eigenvalue weighted by Gasteiger charge is 2.23. The number of hydrogen-bond acceptors (Lipinski definition) is 2. The Bertz CT molecular complexity index is 201. The summed E-state index contributed by atoms with van der Waals surface area (Å²) in [5, 5.41) is 3.60. The molecule has 1 saturated heterocycles. The number of nitrogens with one attached hydrogen (secondary N) is 1. The van der Waals surface area contributed by atoms with Gasteiger partial charge in [0.05, 0.1) is 0 Å². The fourth-order valence-electron chi connectivity index (χ4n) is 2.44. The van der Waals surface area contributed by atoms with Gasteiger partial charge in [-0.3, -0.25) is 0 Å². The minimum absolute atomic E-state index is 0.772. The molecule has 0 aromatic carbocycles. The Morgan fingerprint density at radius 2 is 1.88 bits per heavy atom. The van der Waals surface area contributed by atoms with Crippen molar-refractivity contribution in [1.82, 2.24) is 10.2 Å². The average Bonchev–Trinajstić information content (AvgIpc) is 2.65. The molecule has 0 aliphatic carbocycles. The molecule has 0 amide bonds. The van der Waals surface area contributed by atoms with Gasteiger partial charge < -0.3 is 10.2 Å². The van der Waals surface area contributed by atoms with E-state index in [0.29, 0.717) is 0 Å². The quantitative estimate of drug-likeness (QED) is 0.736. The average molecular weight is 240 g/mol. The van der Waals surface area contributed by atoms with Gasteiger partial charge in [-0.15, -0.1) is 0 Å². The first kappa shape index (κ1) is 15.0. The fraction of sp³-hybridized carbons (Fsp3) is 1.00. The van der Waals surface area contributed by atoms with E-state index in [2.05, 4.69) is 44.8 Å². The lowest BCUT2D eigenvalue weighted by Gasteiger charge is -2.23. The van der Waals surface area contributed by atoms with Crippen LogP contribution >= 0.6 is 0 Å². The van der Waals surface area contributed by atoms with Crippen LogP contribution in [0.25, 0.3) is 0 Å². The third kappa shape index (κ3) is 5.87. The van der Waals surface area contributed by atoms with Crippen molar-refractivity contribution >= 4 is 0 Å². The molecule has 1 fully saturated rings. The normalized spacial score (nSPS) is 23.8. The third-order valence-corrected chi connectivity index (χ3v) is 4.04. The van der Waals surface area contributed by atoms with Crippen LogP contribution in [0, 0.1) is 23.7 Å². The number of hydrogen-bond donors (Lipinski definition) is 1. The third-order valence-electron chi connectivity index (χ3n) is 4.04. The van der Waals surface area contributed by atoms with E-state index in [4.69, 9.17) is 0 Å². The molecule has 102 valence electrons. The second-order valence-corrected chi connectivity index (χ2v) is 6.69. The minimum Gasteiger partial charge on any atom is -0.316 e. The Morgan fingerprint density at radius 3 is 2.47 bits per heavy atom. The molecule has 0 bridgehead atoms. The second-order valence-electron chi connectivity index (χ2n) is 6.69. The summed E-state index contributed by atoms with van der Waals surface area (Å²) in [4.78, 5) is 2.66. The Labute approximate surface area is 108 Å². The molecule has 0 aromatic heterocycles. The van der Waals surface area contributed by atoms with Crippen molar-refractivity contribution in [2.24, 2.45) is 23.7 Å². The first-order chi connectivity index (χ1) is 7.99. The van der Waals surface area contributed by atoms with Crippen molar-refractivity contribution in [3.63, 3.8) is 0 Å². The smallest absolute Gasteiger partial charge is 0.00224 e.